The van der Waals surface area contributed by atoms with Gasteiger partial charge in [0.05, 0.1) is 22.1 Å². The van der Waals surface area contributed by atoms with E-state index < -0.39 is 16.0 Å². The van der Waals surface area contributed by atoms with Crippen LogP contribution in [0.1, 0.15) is 43.1 Å². The molecule has 0 aromatic carbocycles. The number of thiazole rings is 1. The lowest BCUT2D eigenvalue weighted by Crippen LogP contribution is -2.29. The van der Waals surface area contributed by atoms with Crippen molar-refractivity contribution in [2.24, 2.45) is 0 Å². The van der Waals surface area contributed by atoms with Gasteiger partial charge < -0.3 is 4.52 Å². The molecular weight excluding hydrogens is 322 g/mol. The zero-order valence-corrected chi connectivity index (χ0v) is 14.6. The fraction of sp³-hybridized carbons (Fsp3) is 0.500. The average molecular weight is 341 g/mol. The highest BCUT2D eigenvalue weighted by Crippen LogP contribution is 2.20. The lowest BCUT2D eigenvalue weighted by atomic mass is 10.2. The Balaban J connectivity index is 1.94. The maximum atomic E-state index is 12.3. The molecule has 2 rings (SSSR count). The molecule has 8 heteroatoms. The second-order valence-corrected chi connectivity index (χ2v) is 7.97. The van der Waals surface area contributed by atoms with Crippen LogP contribution in [0.2, 0.25) is 0 Å². The van der Waals surface area contributed by atoms with E-state index in [1.807, 2.05) is 5.38 Å². The monoisotopic (exact) mass is 341 g/mol. The van der Waals surface area contributed by atoms with E-state index in [2.05, 4.69) is 29.3 Å². The van der Waals surface area contributed by atoms with Crippen molar-refractivity contribution in [1.82, 2.24) is 10.1 Å². The van der Waals surface area contributed by atoms with Crippen molar-refractivity contribution in [2.75, 3.05) is 5.32 Å². The molecule has 0 saturated carbocycles. The van der Waals surface area contributed by atoms with Crippen molar-refractivity contribution in [3.63, 3.8) is 0 Å². The smallest absolute Gasteiger partial charge is 0.242 e. The van der Waals surface area contributed by atoms with Gasteiger partial charge in [-0.15, -0.1) is 11.3 Å². The maximum absolute atomic E-state index is 12.3. The molecule has 0 radical (unpaired) electrons. The highest BCUT2D eigenvalue weighted by molar-refractivity contribution is 7.85. The molecule has 1 amide bonds. The fourth-order valence-electron chi connectivity index (χ4n) is 1.69. The van der Waals surface area contributed by atoms with Crippen LogP contribution < -0.4 is 5.32 Å². The number of aryl methyl sites for hydroxylation is 1. The van der Waals surface area contributed by atoms with Crippen molar-refractivity contribution in [2.45, 2.75) is 44.6 Å². The number of nitrogens with zero attached hydrogens (tertiary/aromatic N) is 2. The van der Waals surface area contributed by atoms with Crippen LogP contribution in [-0.4, -0.2) is 25.5 Å². The highest BCUT2D eigenvalue weighted by Gasteiger charge is 2.22. The molecule has 2 aromatic heterocycles. The van der Waals surface area contributed by atoms with E-state index in [1.165, 1.54) is 0 Å². The van der Waals surface area contributed by atoms with Gasteiger partial charge in [-0.1, -0.05) is 19.0 Å². The Bertz CT molecular complexity index is 678. The van der Waals surface area contributed by atoms with Crippen LogP contribution in [-0.2, 0) is 21.3 Å². The Kier molecular flexibility index (Phi) is 5.47. The summed E-state index contributed by atoms with van der Waals surface area (Å²) < 4.78 is 17.2. The summed E-state index contributed by atoms with van der Waals surface area (Å²) in [4.78, 5) is 16.5. The minimum atomic E-state index is -1.34. The molecule has 1 N–H and O–H groups in total. The second-order valence-electron chi connectivity index (χ2n) is 5.32. The summed E-state index contributed by atoms with van der Waals surface area (Å²) in [5.74, 6) is 0.534. The van der Waals surface area contributed by atoms with Gasteiger partial charge in [-0.2, -0.15) is 0 Å². The van der Waals surface area contributed by atoms with Gasteiger partial charge in [0.2, 0.25) is 11.8 Å². The molecule has 0 bridgehead atoms. The third-order valence-electron chi connectivity index (χ3n) is 2.99. The van der Waals surface area contributed by atoms with E-state index >= 15 is 0 Å². The van der Waals surface area contributed by atoms with Gasteiger partial charge >= 0.3 is 0 Å². The Morgan fingerprint density at radius 2 is 2.18 bits per heavy atom. The van der Waals surface area contributed by atoms with Gasteiger partial charge in [0.25, 0.3) is 0 Å². The van der Waals surface area contributed by atoms with Crippen molar-refractivity contribution >= 4 is 33.9 Å². The molecule has 0 unspecified atom stereocenters. The molecule has 0 saturated heterocycles. The summed E-state index contributed by atoms with van der Waals surface area (Å²) in [6.07, 6.45) is 0. The zero-order valence-electron chi connectivity index (χ0n) is 13.0. The largest absolute Gasteiger partial charge is 0.338 e. The lowest BCUT2D eigenvalue weighted by Gasteiger charge is -2.09. The van der Waals surface area contributed by atoms with Gasteiger partial charge in [0.1, 0.15) is 5.25 Å². The summed E-state index contributed by atoms with van der Waals surface area (Å²) >= 11 is 1.56. The number of hydrogen-bond acceptors (Lipinski definition) is 6. The van der Waals surface area contributed by atoms with Crippen molar-refractivity contribution in [3.8, 4) is 0 Å². The first-order chi connectivity index (χ1) is 10.4. The topological polar surface area (TPSA) is 85.1 Å². The molecule has 0 aliphatic heterocycles. The number of hydrogen-bond donors (Lipinski definition) is 1. The van der Waals surface area contributed by atoms with Crippen LogP contribution in [0, 0.1) is 6.92 Å². The number of rotatable bonds is 6. The number of anilines is 1. The summed E-state index contributed by atoms with van der Waals surface area (Å²) in [5, 5.41) is 8.52. The SMILES string of the molecule is Cc1cc(NC(=O)[C@H](C)[S@](=O)Cc2csc(C(C)C)n2)on1. The van der Waals surface area contributed by atoms with Crippen LogP contribution in [0.25, 0.3) is 0 Å². The molecule has 2 aromatic rings. The van der Waals surface area contributed by atoms with E-state index in [4.69, 9.17) is 4.52 Å². The molecule has 0 aliphatic rings. The van der Waals surface area contributed by atoms with E-state index in [1.54, 1.807) is 31.3 Å². The number of amides is 1. The first kappa shape index (κ1) is 16.8. The minimum absolute atomic E-state index is 0.266. The standard InChI is InChI=1S/C14H19N3O3S2/c1-8(2)14-15-11(6-21-14)7-22(19)10(4)13(18)16-12-5-9(3)17-20-12/h5-6,8,10H,7H2,1-4H3,(H,16,18)/t10-,22+/m0/s1. The molecule has 120 valence electrons. The fourth-order valence-corrected chi connectivity index (χ4v) is 3.62. The summed E-state index contributed by atoms with van der Waals surface area (Å²) in [6.45, 7) is 7.52. The second kappa shape index (κ2) is 7.15. The van der Waals surface area contributed by atoms with E-state index in [9.17, 15) is 9.00 Å². The molecule has 6 nitrogen and oxygen atoms in total. The molecule has 0 aliphatic carbocycles. The van der Waals surface area contributed by atoms with Gasteiger partial charge in [0, 0.05) is 28.2 Å². The van der Waals surface area contributed by atoms with E-state index in [-0.39, 0.29) is 17.5 Å². The van der Waals surface area contributed by atoms with E-state index in [0.29, 0.717) is 11.6 Å². The predicted octanol–water partition coefficient (Wildman–Crippen LogP) is 2.84. The number of carbonyl (C=O) groups is 1. The van der Waals surface area contributed by atoms with Gasteiger partial charge in [-0.3, -0.25) is 14.3 Å². The third kappa shape index (κ3) is 4.23. The van der Waals surface area contributed by atoms with Crippen molar-refractivity contribution < 1.29 is 13.5 Å². The lowest BCUT2D eigenvalue weighted by molar-refractivity contribution is -0.115. The van der Waals surface area contributed by atoms with E-state index in [0.717, 1.165) is 10.7 Å². The zero-order chi connectivity index (χ0) is 16.3. The molecule has 2 heterocycles. The first-order valence-electron chi connectivity index (χ1n) is 6.92. The Morgan fingerprint density at radius 1 is 1.45 bits per heavy atom. The summed E-state index contributed by atoms with van der Waals surface area (Å²) in [7, 11) is -1.34. The van der Waals surface area contributed by atoms with Crippen LogP contribution in [0.15, 0.2) is 16.0 Å². The average Bonchev–Trinajstić information content (AvgIpc) is 3.07. The summed E-state index contributed by atoms with van der Waals surface area (Å²) in [6, 6.07) is 1.61. The number of nitrogens with one attached hydrogen (secondary N) is 1. The van der Waals surface area contributed by atoms with Gasteiger partial charge in [-0.25, -0.2) is 4.98 Å². The predicted molar refractivity (Wildman–Crippen MR) is 87.4 cm³/mol. The minimum Gasteiger partial charge on any atom is -0.338 e. The molecule has 22 heavy (non-hydrogen) atoms. The molecule has 2 atom stereocenters. The summed E-state index contributed by atoms with van der Waals surface area (Å²) in [5.41, 5.74) is 1.44. The normalized spacial score (nSPS) is 14.0. The first-order valence-corrected chi connectivity index (χ1v) is 9.18. The molecule has 0 fully saturated rings. The van der Waals surface area contributed by atoms with Crippen LogP contribution in [0.4, 0.5) is 5.88 Å². The Labute approximate surface area is 135 Å². The van der Waals surface area contributed by atoms with Gasteiger partial charge in [-0.05, 0) is 13.8 Å². The van der Waals surface area contributed by atoms with Crippen molar-refractivity contribution in [3.05, 3.63) is 27.8 Å². The highest BCUT2D eigenvalue weighted by atomic mass is 32.2. The quantitative estimate of drug-likeness (QED) is 0.873. The Hall–Kier alpha value is -1.54. The van der Waals surface area contributed by atoms with Crippen LogP contribution >= 0.6 is 11.3 Å². The Morgan fingerprint density at radius 3 is 2.73 bits per heavy atom. The van der Waals surface area contributed by atoms with Crippen LogP contribution in [0.3, 0.4) is 0 Å². The third-order valence-corrected chi connectivity index (χ3v) is 5.77. The maximum Gasteiger partial charge on any atom is 0.242 e. The molecular formula is C14H19N3O3S2. The molecule has 0 spiro atoms. The number of aromatic nitrogens is 2. The number of carbonyl (C=O) groups excluding carboxylic acids is 1. The van der Waals surface area contributed by atoms with Gasteiger partial charge in [0.15, 0.2) is 0 Å². The van der Waals surface area contributed by atoms with Crippen LogP contribution in [0.5, 0.6) is 0 Å². The van der Waals surface area contributed by atoms with Crippen molar-refractivity contribution in [1.29, 1.82) is 0 Å².